The minimum Gasteiger partial charge on any atom is -0.433 e. The summed E-state index contributed by atoms with van der Waals surface area (Å²) in [4.78, 5) is 10.6. The van der Waals surface area contributed by atoms with Gasteiger partial charge in [0.2, 0.25) is 6.29 Å². The number of esters is 1. The van der Waals surface area contributed by atoms with Gasteiger partial charge in [0.25, 0.3) is 0 Å². The molecule has 0 aromatic carbocycles. The number of carbonyl (C=O) groups excluding carboxylic acids is 1. The Morgan fingerprint density at radius 2 is 2.23 bits per heavy atom. The molecule has 13 heavy (non-hydrogen) atoms. The topological polar surface area (TPSA) is 35.5 Å². The van der Waals surface area contributed by atoms with Gasteiger partial charge in [-0.05, 0) is 6.42 Å². The molecule has 0 radical (unpaired) electrons. The van der Waals surface area contributed by atoms with E-state index in [0.29, 0.717) is 0 Å². The molecule has 0 aromatic heterocycles. The molecule has 0 N–H and O–H groups in total. The summed E-state index contributed by atoms with van der Waals surface area (Å²) in [5.74, 6) is -0.703. The lowest BCUT2D eigenvalue weighted by Gasteiger charge is -2.12. The Hall–Kier alpha value is -0.640. The minimum absolute atomic E-state index is 0.139. The number of alkyl halides is 1. The Morgan fingerprint density at radius 3 is 2.62 bits per heavy atom. The van der Waals surface area contributed by atoms with E-state index >= 15 is 0 Å². The molecule has 0 bridgehead atoms. The predicted molar refractivity (Wildman–Crippen MR) is 44.8 cm³/mol. The Kier molecular flexibility index (Phi) is 3.25. The van der Waals surface area contributed by atoms with Gasteiger partial charge in [0, 0.05) is 12.8 Å². The Bertz CT molecular complexity index is 195. The van der Waals surface area contributed by atoms with Gasteiger partial charge in [0.05, 0.1) is 6.10 Å². The molecule has 3 nitrogen and oxygen atoms in total. The molecular weight excluding hydrogens is 175 g/mol. The second-order valence-corrected chi connectivity index (χ2v) is 3.36. The molecule has 76 valence electrons. The first-order valence-electron chi connectivity index (χ1n) is 4.53. The van der Waals surface area contributed by atoms with Crippen molar-refractivity contribution >= 4 is 5.97 Å². The van der Waals surface area contributed by atoms with E-state index in [2.05, 4.69) is 4.74 Å². The Labute approximate surface area is 77.2 Å². The van der Waals surface area contributed by atoms with Crippen molar-refractivity contribution in [3.8, 4) is 0 Å². The molecular formula is C9H15FO3. The highest BCUT2D eigenvalue weighted by Gasteiger charge is 2.43. The SMILES string of the molecule is CC[C@H]1OC(OC(C)=O)[C@@H](F)[C@H]1C. The predicted octanol–water partition coefficient (Wildman–Crippen LogP) is 1.66. The van der Waals surface area contributed by atoms with Crippen LogP contribution < -0.4 is 0 Å². The first-order chi connectivity index (χ1) is 6.06. The summed E-state index contributed by atoms with van der Waals surface area (Å²) in [5, 5.41) is 0. The van der Waals surface area contributed by atoms with E-state index in [1.165, 1.54) is 6.92 Å². The maximum absolute atomic E-state index is 13.4. The van der Waals surface area contributed by atoms with Crippen LogP contribution in [0, 0.1) is 5.92 Å². The van der Waals surface area contributed by atoms with Gasteiger partial charge in [0.15, 0.2) is 6.17 Å². The monoisotopic (exact) mass is 190 g/mol. The summed E-state index contributed by atoms with van der Waals surface area (Å²) in [6, 6.07) is 0. The van der Waals surface area contributed by atoms with Crippen LogP contribution >= 0.6 is 0 Å². The zero-order valence-electron chi connectivity index (χ0n) is 8.12. The number of ether oxygens (including phenoxy) is 2. The molecule has 0 aliphatic carbocycles. The number of hydrogen-bond acceptors (Lipinski definition) is 3. The highest BCUT2D eigenvalue weighted by molar-refractivity contribution is 5.66. The molecule has 1 heterocycles. The van der Waals surface area contributed by atoms with Crippen molar-refractivity contribution < 1.29 is 18.7 Å². The zero-order valence-corrected chi connectivity index (χ0v) is 8.12. The van der Waals surface area contributed by atoms with Gasteiger partial charge in [0.1, 0.15) is 0 Å². The summed E-state index contributed by atoms with van der Waals surface area (Å²) >= 11 is 0. The second-order valence-electron chi connectivity index (χ2n) is 3.36. The van der Waals surface area contributed by atoms with Crippen LogP contribution in [0.3, 0.4) is 0 Å². The van der Waals surface area contributed by atoms with Gasteiger partial charge in [-0.2, -0.15) is 0 Å². The summed E-state index contributed by atoms with van der Waals surface area (Å²) in [5.41, 5.74) is 0. The highest BCUT2D eigenvalue weighted by Crippen LogP contribution is 2.31. The number of rotatable bonds is 2. The first kappa shape index (κ1) is 10.4. The van der Waals surface area contributed by atoms with Crippen LogP contribution in [-0.4, -0.2) is 24.5 Å². The fourth-order valence-electron chi connectivity index (χ4n) is 1.55. The van der Waals surface area contributed by atoms with Crippen molar-refractivity contribution in [3.63, 3.8) is 0 Å². The molecule has 1 rings (SSSR count). The smallest absolute Gasteiger partial charge is 0.305 e. The van der Waals surface area contributed by atoms with Gasteiger partial charge < -0.3 is 9.47 Å². The van der Waals surface area contributed by atoms with E-state index in [9.17, 15) is 9.18 Å². The van der Waals surface area contributed by atoms with E-state index < -0.39 is 18.4 Å². The zero-order chi connectivity index (χ0) is 10.0. The van der Waals surface area contributed by atoms with Crippen LogP contribution in [0.2, 0.25) is 0 Å². The third-order valence-electron chi connectivity index (χ3n) is 2.34. The lowest BCUT2D eigenvalue weighted by Crippen LogP contribution is -2.25. The van der Waals surface area contributed by atoms with Crippen LogP contribution in [0.25, 0.3) is 0 Å². The third kappa shape index (κ3) is 2.18. The van der Waals surface area contributed by atoms with Crippen molar-refractivity contribution in [2.24, 2.45) is 5.92 Å². The fraction of sp³-hybridized carbons (Fsp3) is 0.889. The quantitative estimate of drug-likeness (QED) is 0.621. The van der Waals surface area contributed by atoms with Crippen molar-refractivity contribution in [1.29, 1.82) is 0 Å². The van der Waals surface area contributed by atoms with Crippen LogP contribution in [0.5, 0.6) is 0 Å². The third-order valence-corrected chi connectivity index (χ3v) is 2.34. The standard InChI is InChI=1S/C9H15FO3/c1-4-7-5(2)8(10)9(13-7)12-6(3)11/h5,7-9H,4H2,1-3H3/t5-,7+,8-,9?/m0/s1. The van der Waals surface area contributed by atoms with Gasteiger partial charge in [-0.15, -0.1) is 0 Å². The molecule has 1 unspecified atom stereocenters. The molecule has 1 aliphatic rings. The molecule has 1 fully saturated rings. The Morgan fingerprint density at radius 1 is 1.62 bits per heavy atom. The highest BCUT2D eigenvalue weighted by atomic mass is 19.1. The summed E-state index contributed by atoms with van der Waals surface area (Å²) in [7, 11) is 0. The lowest BCUT2D eigenvalue weighted by molar-refractivity contribution is -0.180. The summed E-state index contributed by atoms with van der Waals surface area (Å²) in [6.07, 6.45) is -1.61. The average molecular weight is 190 g/mol. The van der Waals surface area contributed by atoms with E-state index in [1.807, 2.05) is 6.92 Å². The van der Waals surface area contributed by atoms with Crippen LogP contribution in [0.4, 0.5) is 4.39 Å². The largest absolute Gasteiger partial charge is 0.433 e. The first-order valence-corrected chi connectivity index (χ1v) is 4.53. The fourth-order valence-corrected chi connectivity index (χ4v) is 1.55. The Balaban J connectivity index is 2.55. The average Bonchev–Trinajstić information content (AvgIpc) is 2.32. The molecule has 4 heteroatoms. The number of hydrogen-bond donors (Lipinski definition) is 0. The van der Waals surface area contributed by atoms with Crippen LogP contribution in [0.15, 0.2) is 0 Å². The van der Waals surface area contributed by atoms with Gasteiger partial charge >= 0.3 is 5.97 Å². The van der Waals surface area contributed by atoms with E-state index in [4.69, 9.17) is 4.74 Å². The van der Waals surface area contributed by atoms with Gasteiger partial charge in [-0.25, -0.2) is 4.39 Å². The molecule has 4 atom stereocenters. The van der Waals surface area contributed by atoms with Crippen LogP contribution in [-0.2, 0) is 14.3 Å². The minimum atomic E-state index is -1.20. The molecule has 0 aromatic rings. The number of carbonyl (C=O) groups is 1. The number of halogens is 1. The van der Waals surface area contributed by atoms with E-state index in [0.717, 1.165) is 6.42 Å². The van der Waals surface area contributed by atoms with Crippen molar-refractivity contribution in [1.82, 2.24) is 0 Å². The van der Waals surface area contributed by atoms with Crippen molar-refractivity contribution in [3.05, 3.63) is 0 Å². The molecule has 1 saturated heterocycles. The lowest BCUT2D eigenvalue weighted by atomic mass is 10.0. The van der Waals surface area contributed by atoms with Crippen LogP contribution in [0.1, 0.15) is 27.2 Å². The van der Waals surface area contributed by atoms with Crippen molar-refractivity contribution in [2.75, 3.05) is 0 Å². The van der Waals surface area contributed by atoms with Crippen molar-refractivity contribution in [2.45, 2.75) is 45.8 Å². The summed E-state index contributed by atoms with van der Waals surface area (Å²) in [6.45, 7) is 4.94. The normalized spacial score (nSPS) is 39.1. The molecule has 0 saturated carbocycles. The maximum atomic E-state index is 13.4. The summed E-state index contributed by atoms with van der Waals surface area (Å²) < 4.78 is 23.3. The molecule has 0 spiro atoms. The van der Waals surface area contributed by atoms with E-state index in [1.54, 1.807) is 6.92 Å². The second kappa shape index (κ2) is 4.05. The molecule has 1 aliphatic heterocycles. The molecule has 0 amide bonds. The maximum Gasteiger partial charge on any atom is 0.305 e. The van der Waals surface area contributed by atoms with E-state index in [-0.39, 0.29) is 12.0 Å². The van der Waals surface area contributed by atoms with Gasteiger partial charge in [-0.1, -0.05) is 13.8 Å². The van der Waals surface area contributed by atoms with Gasteiger partial charge in [-0.3, -0.25) is 4.79 Å².